The van der Waals surface area contributed by atoms with E-state index in [0.717, 1.165) is 0 Å². The molecule has 0 aliphatic rings. The highest BCUT2D eigenvalue weighted by atomic mass is 35.5. The van der Waals surface area contributed by atoms with Gasteiger partial charge in [-0.05, 0) is 147 Å². The van der Waals surface area contributed by atoms with Gasteiger partial charge in [-0.25, -0.2) is 19.2 Å². The fourth-order valence-corrected chi connectivity index (χ4v) is 6.03. The van der Waals surface area contributed by atoms with E-state index in [9.17, 15) is 47.9 Å². The van der Waals surface area contributed by atoms with Gasteiger partial charge in [-0.1, -0.05) is 33.2 Å². The molecular formula is C61H75ClN2O22. The zero-order chi connectivity index (χ0) is 66.1. The molecule has 0 bridgehead atoms. The van der Waals surface area contributed by atoms with Crippen LogP contribution >= 0.6 is 11.6 Å². The molecule has 2 amide bonds. The van der Waals surface area contributed by atoms with E-state index in [-0.39, 0.29) is 64.3 Å². The summed E-state index contributed by atoms with van der Waals surface area (Å²) in [5.41, 5.74) is 0.668. The molecule has 0 aliphatic carbocycles. The Morgan fingerprint density at radius 3 is 1.12 bits per heavy atom. The zero-order valence-corrected chi connectivity index (χ0v) is 51.0. The predicted molar refractivity (Wildman–Crippen MR) is 318 cm³/mol. The zero-order valence-electron chi connectivity index (χ0n) is 50.3. The Bertz CT molecular complexity index is 2840. The van der Waals surface area contributed by atoms with Crippen molar-refractivity contribution in [2.24, 2.45) is 5.92 Å². The maximum absolute atomic E-state index is 12.1. The number of hydrogen-bond donors (Lipinski definition) is 3. The van der Waals surface area contributed by atoms with E-state index in [4.69, 9.17) is 54.6 Å². The minimum Gasteiger partial charge on any atom is -0.504 e. The number of phenols is 1. The lowest BCUT2D eigenvalue weighted by molar-refractivity contribution is -0.126. The molecule has 2 atom stereocenters. The first-order valence-corrected chi connectivity index (χ1v) is 25.8. The number of carbonyl (C=O) groups excluding carboxylic acids is 10. The standard InChI is InChI=1S/C19H27NO6.2C12H12O5.C8H8O3.C6H11NO.C4H5ClO2/c1-6-15(18(22)20-12(2)3)9-13(4)25-19(23)26-17-10-14(11-21)7-8-16(17)24-5;2*1-8(2)16-12(14)17-11-6-9(7-13)4-5-10(11)15-3;1-11-8-3-2-6(5-9)4-7(8)10;1-4-6(8)7-5(2)3;1-3(2)7-4(5)6/h7-8,10-13,15H,6,9H2,1-5H3,(H,20,22);2*4-7H,1H2,2-3H3;2-5,10H,1H3;4-5H,1H2,2-3H3,(H,7,8);1H2,2H3. The second-order valence-electron chi connectivity index (χ2n) is 17.6. The van der Waals surface area contributed by atoms with Crippen LogP contribution in [0.2, 0.25) is 0 Å². The summed E-state index contributed by atoms with van der Waals surface area (Å²) in [6, 6.07) is 18.1. The molecule has 0 fully saturated rings. The molecule has 86 heavy (non-hydrogen) atoms. The van der Waals surface area contributed by atoms with Gasteiger partial charge in [0.2, 0.25) is 11.8 Å². The lowest BCUT2D eigenvalue weighted by atomic mass is 9.98. The first-order valence-electron chi connectivity index (χ1n) is 25.5. The van der Waals surface area contributed by atoms with Gasteiger partial charge >= 0.3 is 23.9 Å². The largest absolute Gasteiger partial charge is 0.519 e. The second-order valence-corrected chi connectivity index (χ2v) is 17.9. The molecule has 4 aromatic carbocycles. The number of ether oxygens (including phenoxy) is 11. The quantitative estimate of drug-likeness (QED) is 0.0125. The van der Waals surface area contributed by atoms with Gasteiger partial charge < -0.3 is 67.8 Å². The van der Waals surface area contributed by atoms with Crippen molar-refractivity contribution in [1.82, 2.24) is 10.6 Å². The van der Waals surface area contributed by atoms with Gasteiger partial charge in [-0.3, -0.25) is 28.8 Å². The topological polar surface area (TPSA) is 317 Å². The normalized spacial score (nSPS) is 10.2. The van der Waals surface area contributed by atoms with E-state index in [1.165, 1.54) is 90.8 Å². The molecule has 0 aliphatic heterocycles. The summed E-state index contributed by atoms with van der Waals surface area (Å²) in [5.74, 6) is 1.94. The third kappa shape index (κ3) is 35.1. The van der Waals surface area contributed by atoms with Crippen molar-refractivity contribution in [2.45, 2.75) is 93.3 Å². The molecule has 3 N–H and O–H groups in total. The van der Waals surface area contributed by atoms with E-state index in [0.29, 0.717) is 89.0 Å². The van der Waals surface area contributed by atoms with Gasteiger partial charge in [0.25, 0.3) is 0 Å². The number of phenolic OH excluding ortho intramolecular Hbond substituents is 1. The Morgan fingerprint density at radius 1 is 0.523 bits per heavy atom. The molecule has 0 saturated carbocycles. The molecular weight excluding hydrogens is 1150 g/mol. The van der Waals surface area contributed by atoms with E-state index in [2.05, 4.69) is 51.2 Å². The van der Waals surface area contributed by atoms with Gasteiger partial charge in [0.05, 0.1) is 34.2 Å². The number of aromatic hydroxyl groups is 1. The lowest BCUT2D eigenvalue weighted by Gasteiger charge is -2.20. The highest BCUT2D eigenvalue weighted by Crippen LogP contribution is 2.31. The molecule has 468 valence electrons. The molecule has 4 aromatic rings. The van der Waals surface area contributed by atoms with Crippen LogP contribution in [0.5, 0.6) is 46.0 Å². The second kappa shape index (κ2) is 43.7. The summed E-state index contributed by atoms with van der Waals surface area (Å²) in [7, 11) is 5.73. The van der Waals surface area contributed by atoms with Crippen LogP contribution in [0.1, 0.15) is 117 Å². The Kier molecular flexibility index (Phi) is 39.7. The van der Waals surface area contributed by atoms with E-state index < -0.39 is 30.0 Å². The Hall–Kier alpha value is -9.97. The van der Waals surface area contributed by atoms with Crippen LogP contribution in [-0.2, 0) is 28.5 Å². The van der Waals surface area contributed by atoms with E-state index in [1.54, 1.807) is 44.2 Å². The molecule has 25 heteroatoms. The van der Waals surface area contributed by atoms with Crippen LogP contribution in [-0.4, -0.2) is 113 Å². The van der Waals surface area contributed by atoms with Crippen LogP contribution in [0.3, 0.4) is 0 Å². The number of aldehydes is 4. The average molecular weight is 1220 g/mol. The minimum atomic E-state index is -0.932. The molecule has 2 unspecified atom stereocenters. The average Bonchev–Trinajstić information content (AvgIpc) is 3.57. The van der Waals surface area contributed by atoms with E-state index >= 15 is 0 Å². The fraction of sp³-hybridized carbons (Fsp3) is 0.311. The van der Waals surface area contributed by atoms with Crippen molar-refractivity contribution < 1.29 is 105 Å². The van der Waals surface area contributed by atoms with Crippen molar-refractivity contribution in [3.63, 3.8) is 0 Å². The Labute approximate surface area is 504 Å². The fourth-order valence-electron chi connectivity index (χ4n) is 5.89. The lowest BCUT2D eigenvalue weighted by Crippen LogP contribution is -2.37. The molecule has 4 rings (SSSR count). The third-order valence-electron chi connectivity index (χ3n) is 9.48. The Morgan fingerprint density at radius 2 is 0.860 bits per heavy atom. The van der Waals surface area contributed by atoms with Crippen LogP contribution in [0, 0.1) is 5.92 Å². The minimum absolute atomic E-state index is 0.0166. The van der Waals surface area contributed by atoms with Crippen molar-refractivity contribution in [1.29, 1.82) is 0 Å². The maximum Gasteiger partial charge on any atom is 0.519 e. The van der Waals surface area contributed by atoms with E-state index in [1.807, 2.05) is 34.6 Å². The highest BCUT2D eigenvalue weighted by Gasteiger charge is 2.23. The van der Waals surface area contributed by atoms with Crippen LogP contribution < -0.4 is 43.8 Å². The van der Waals surface area contributed by atoms with Crippen molar-refractivity contribution in [2.75, 3.05) is 28.4 Å². The first kappa shape index (κ1) is 78.1. The summed E-state index contributed by atoms with van der Waals surface area (Å²) in [4.78, 5) is 109. The summed E-state index contributed by atoms with van der Waals surface area (Å²) in [5, 5.41) is 14.6. The molecule has 0 spiro atoms. The number of nitrogens with one attached hydrogen (secondary N) is 2. The summed E-state index contributed by atoms with van der Waals surface area (Å²) >= 11 is 4.75. The number of halogens is 1. The molecule has 24 nitrogen and oxygen atoms in total. The smallest absolute Gasteiger partial charge is 0.504 e. The summed E-state index contributed by atoms with van der Waals surface area (Å²) < 4.78 is 53.4. The molecule has 0 heterocycles. The first-order chi connectivity index (χ1) is 40.5. The summed E-state index contributed by atoms with van der Waals surface area (Å²) in [6.07, 6.45) is 1.57. The third-order valence-corrected chi connectivity index (χ3v) is 9.56. The van der Waals surface area contributed by atoms with Crippen LogP contribution in [0.15, 0.2) is 122 Å². The molecule has 0 saturated heterocycles. The Balaban J connectivity index is 0. The number of carbonyl (C=O) groups is 10. The van der Waals surface area contributed by atoms with Crippen LogP contribution in [0.4, 0.5) is 19.2 Å². The SMILES string of the molecule is C=C(C)OC(=O)Cl.C=C(C)OC(=O)Oc1cc(C=O)ccc1OC.C=C(C)OC(=O)Oc1cc(C=O)ccc1OC.C=CC(=O)NC(C)C.CCC(CC(C)OC(=O)Oc1cc(C=O)ccc1OC)C(=O)NC(C)C.COc1ccc(C=O)cc1O. The summed E-state index contributed by atoms with van der Waals surface area (Å²) in [6.45, 7) is 29.1. The number of amides is 2. The number of rotatable bonds is 22. The van der Waals surface area contributed by atoms with Crippen molar-refractivity contribution in [3.8, 4) is 46.0 Å². The van der Waals surface area contributed by atoms with Gasteiger partial charge in [0, 0.05) is 51.9 Å². The van der Waals surface area contributed by atoms with Crippen LogP contribution in [0.25, 0.3) is 0 Å². The van der Waals surface area contributed by atoms with Crippen molar-refractivity contribution >= 4 is 72.5 Å². The van der Waals surface area contributed by atoms with Gasteiger partial charge in [0.1, 0.15) is 42.8 Å². The number of allylic oxidation sites excluding steroid dienone is 3. The van der Waals surface area contributed by atoms with Crippen molar-refractivity contribution in [3.05, 3.63) is 145 Å². The number of benzene rings is 4. The predicted octanol–water partition coefficient (Wildman–Crippen LogP) is 12.3. The van der Waals surface area contributed by atoms with Gasteiger partial charge in [0.15, 0.2) is 46.0 Å². The highest BCUT2D eigenvalue weighted by molar-refractivity contribution is 6.61. The van der Waals surface area contributed by atoms with Gasteiger partial charge in [-0.2, -0.15) is 0 Å². The maximum atomic E-state index is 12.1. The number of hydrogen-bond acceptors (Lipinski definition) is 22. The molecule has 0 aromatic heterocycles. The molecule has 0 radical (unpaired) electrons. The van der Waals surface area contributed by atoms with Gasteiger partial charge in [-0.15, -0.1) is 0 Å². The monoisotopic (exact) mass is 1220 g/mol. The number of methoxy groups -OCH3 is 4.